The summed E-state index contributed by atoms with van der Waals surface area (Å²) >= 11 is 12.1. The molecule has 0 heterocycles. The molecular formula is C20H24Cl2N2O4S. The number of carbonyl (C=O) groups excluding carboxylic acids is 1. The van der Waals surface area contributed by atoms with E-state index in [4.69, 9.17) is 27.9 Å². The van der Waals surface area contributed by atoms with E-state index in [1.807, 2.05) is 32.0 Å². The average molecular weight is 459 g/mol. The van der Waals surface area contributed by atoms with Crippen molar-refractivity contribution in [1.82, 2.24) is 5.32 Å². The fourth-order valence-corrected chi connectivity index (χ4v) is 4.26. The van der Waals surface area contributed by atoms with Crippen LogP contribution in [0.25, 0.3) is 0 Å². The summed E-state index contributed by atoms with van der Waals surface area (Å²) in [6.45, 7) is 3.45. The quantitative estimate of drug-likeness (QED) is 0.637. The van der Waals surface area contributed by atoms with Gasteiger partial charge in [0, 0.05) is 5.02 Å². The lowest BCUT2D eigenvalue weighted by Crippen LogP contribution is -2.41. The van der Waals surface area contributed by atoms with Gasteiger partial charge in [0.15, 0.2) is 0 Å². The van der Waals surface area contributed by atoms with E-state index in [0.29, 0.717) is 11.4 Å². The van der Waals surface area contributed by atoms with Crippen molar-refractivity contribution in [2.45, 2.75) is 26.3 Å². The zero-order valence-electron chi connectivity index (χ0n) is 16.7. The number of ether oxygens (including phenoxy) is 1. The molecule has 0 aromatic heterocycles. The summed E-state index contributed by atoms with van der Waals surface area (Å²) in [7, 11) is -2.16. The molecule has 2 aromatic carbocycles. The third-order valence-corrected chi connectivity index (χ3v) is 6.11. The lowest BCUT2D eigenvalue weighted by atomic mass is 10.0. The monoisotopic (exact) mass is 458 g/mol. The zero-order valence-corrected chi connectivity index (χ0v) is 19.0. The van der Waals surface area contributed by atoms with Gasteiger partial charge in [0.2, 0.25) is 15.9 Å². The maximum absolute atomic E-state index is 12.7. The van der Waals surface area contributed by atoms with Gasteiger partial charge in [0.25, 0.3) is 0 Å². The molecule has 0 aliphatic carbocycles. The molecule has 29 heavy (non-hydrogen) atoms. The van der Waals surface area contributed by atoms with E-state index in [9.17, 15) is 13.2 Å². The van der Waals surface area contributed by atoms with Crippen molar-refractivity contribution in [1.29, 1.82) is 0 Å². The first kappa shape index (κ1) is 23.3. The molecule has 1 unspecified atom stereocenters. The number of nitrogens with one attached hydrogen (secondary N) is 1. The molecule has 0 spiro atoms. The molecule has 1 atom stereocenters. The Balaban J connectivity index is 2.25. The van der Waals surface area contributed by atoms with Crippen LogP contribution in [0.4, 0.5) is 5.69 Å². The molecule has 1 N–H and O–H groups in total. The Hall–Kier alpha value is -1.96. The second-order valence-corrected chi connectivity index (χ2v) is 9.37. The van der Waals surface area contributed by atoms with E-state index < -0.39 is 22.5 Å². The van der Waals surface area contributed by atoms with Crippen molar-refractivity contribution in [2.75, 3.05) is 24.2 Å². The van der Waals surface area contributed by atoms with E-state index in [1.54, 1.807) is 13.2 Å². The summed E-state index contributed by atoms with van der Waals surface area (Å²) in [5.41, 5.74) is 2.01. The minimum atomic E-state index is -3.76. The van der Waals surface area contributed by atoms with Crippen LogP contribution in [0, 0.1) is 6.92 Å². The van der Waals surface area contributed by atoms with Crippen molar-refractivity contribution >= 4 is 44.8 Å². The molecule has 0 saturated heterocycles. The van der Waals surface area contributed by atoms with Gasteiger partial charge < -0.3 is 10.1 Å². The minimum absolute atomic E-state index is 0.158. The van der Waals surface area contributed by atoms with Crippen molar-refractivity contribution in [3.63, 3.8) is 0 Å². The van der Waals surface area contributed by atoms with Gasteiger partial charge in [-0.3, -0.25) is 9.10 Å². The fourth-order valence-electron chi connectivity index (χ4n) is 2.97. The van der Waals surface area contributed by atoms with Crippen LogP contribution >= 0.6 is 23.2 Å². The molecule has 0 saturated carbocycles. The number of rotatable bonds is 8. The van der Waals surface area contributed by atoms with Crippen molar-refractivity contribution in [3.05, 3.63) is 57.6 Å². The van der Waals surface area contributed by atoms with Gasteiger partial charge in [-0.25, -0.2) is 8.42 Å². The Kier molecular flexibility index (Phi) is 7.80. The van der Waals surface area contributed by atoms with Crippen LogP contribution in [-0.2, 0) is 14.8 Å². The molecule has 0 bridgehead atoms. The van der Waals surface area contributed by atoms with Gasteiger partial charge in [-0.1, -0.05) is 42.3 Å². The molecule has 2 aromatic rings. The molecule has 9 heteroatoms. The normalized spacial score (nSPS) is 12.3. The molecular weight excluding hydrogens is 435 g/mol. The largest absolute Gasteiger partial charge is 0.496 e. The number of carbonyl (C=O) groups is 1. The van der Waals surface area contributed by atoms with E-state index in [0.717, 1.165) is 27.4 Å². The summed E-state index contributed by atoms with van der Waals surface area (Å²) < 4.78 is 30.8. The number of hydrogen-bond donors (Lipinski definition) is 1. The average Bonchev–Trinajstić information content (AvgIpc) is 2.65. The first-order valence-corrected chi connectivity index (χ1v) is 11.5. The van der Waals surface area contributed by atoms with Crippen LogP contribution in [0.15, 0.2) is 36.4 Å². The second kappa shape index (κ2) is 9.69. The van der Waals surface area contributed by atoms with Crippen LogP contribution in [0.1, 0.15) is 30.5 Å². The highest BCUT2D eigenvalue weighted by molar-refractivity contribution is 7.92. The SMILES string of the molecule is CCC(NC(=O)CN(c1cc(Cl)ccc1Cl)S(C)(=O)=O)c1ccc(OC)c(C)c1. The Morgan fingerprint density at radius 2 is 1.90 bits per heavy atom. The lowest BCUT2D eigenvalue weighted by molar-refractivity contribution is -0.120. The van der Waals surface area contributed by atoms with Gasteiger partial charge in [-0.05, 0) is 48.7 Å². The smallest absolute Gasteiger partial charge is 0.241 e. The highest BCUT2D eigenvalue weighted by atomic mass is 35.5. The van der Waals surface area contributed by atoms with Crippen molar-refractivity contribution in [2.24, 2.45) is 0 Å². The van der Waals surface area contributed by atoms with Gasteiger partial charge in [-0.2, -0.15) is 0 Å². The topological polar surface area (TPSA) is 75.7 Å². The minimum Gasteiger partial charge on any atom is -0.496 e. The van der Waals surface area contributed by atoms with Crippen LogP contribution in [0.3, 0.4) is 0 Å². The maximum atomic E-state index is 12.7. The van der Waals surface area contributed by atoms with Gasteiger partial charge in [-0.15, -0.1) is 0 Å². The van der Waals surface area contributed by atoms with Crippen LogP contribution in [0.5, 0.6) is 5.75 Å². The van der Waals surface area contributed by atoms with Gasteiger partial charge in [0.1, 0.15) is 12.3 Å². The highest BCUT2D eigenvalue weighted by Gasteiger charge is 2.24. The summed E-state index contributed by atoms with van der Waals surface area (Å²) in [4.78, 5) is 12.7. The summed E-state index contributed by atoms with van der Waals surface area (Å²) in [6.07, 6.45) is 1.65. The van der Waals surface area contributed by atoms with Crippen LogP contribution in [0.2, 0.25) is 10.0 Å². The lowest BCUT2D eigenvalue weighted by Gasteiger charge is -2.25. The van der Waals surface area contributed by atoms with Crippen LogP contribution in [-0.4, -0.2) is 34.2 Å². The Labute approximate surface area is 181 Å². The molecule has 158 valence electrons. The predicted molar refractivity (Wildman–Crippen MR) is 118 cm³/mol. The number of anilines is 1. The maximum Gasteiger partial charge on any atom is 0.241 e. The molecule has 0 aliphatic rings. The van der Waals surface area contributed by atoms with E-state index in [-0.39, 0.29) is 16.8 Å². The standard InChI is InChI=1S/C20H24Cl2N2O4S/c1-5-17(14-6-9-19(28-3)13(2)10-14)23-20(25)12-24(29(4,26)27)18-11-15(21)7-8-16(18)22/h6-11,17H,5,12H2,1-4H3,(H,23,25). The number of sulfonamides is 1. The van der Waals surface area contributed by atoms with E-state index >= 15 is 0 Å². The van der Waals surface area contributed by atoms with E-state index in [1.165, 1.54) is 12.1 Å². The Bertz CT molecular complexity index is 996. The molecule has 6 nitrogen and oxygen atoms in total. The number of nitrogens with zero attached hydrogens (tertiary/aromatic N) is 1. The van der Waals surface area contributed by atoms with Gasteiger partial charge >= 0.3 is 0 Å². The number of aryl methyl sites for hydroxylation is 1. The third kappa shape index (κ3) is 6.01. The highest BCUT2D eigenvalue weighted by Crippen LogP contribution is 2.31. The van der Waals surface area contributed by atoms with Gasteiger partial charge in [0.05, 0.1) is 30.1 Å². The molecule has 2 rings (SSSR count). The first-order chi connectivity index (χ1) is 13.6. The van der Waals surface area contributed by atoms with Crippen LogP contribution < -0.4 is 14.4 Å². The van der Waals surface area contributed by atoms with E-state index in [2.05, 4.69) is 5.32 Å². The predicted octanol–water partition coefficient (Wildman–Crippen LogP) is 4.34. The number of amides is 1. The number of hydrogen-bond acceptors (Lipinski definition) is 4. The molecule has 0 fully saturated rings. The molecule has 1 amide bonds. The zero-order chi connectivity index (χ0) is 21.8. The summed E-state index contributed by atoms with van der Waals surface area (Å²) in [5.74, 6) is 0.306. The second-order valence-electron chi connectivity index (χ2n) is 6.62. The summed E-state index contributed by atoms with van der Waals surface area (Å²) in [6, 6.07) is 9.84. The molecule has 0 aliphatic heterocycles. The summed E-state index contributed by atoms with van der Waals surface area (Å²) in [5, 5.41) is 3.40. The molecule has 0 radical (unpaired) electrons. The van der Waals surface area contributed by atoms with Crippen molar-refractivity contribution in [3.8, 4) is 5.75 Å². The Morgan fingerprint density at radius 3 is 2.45 bits per heavy atom. The first-order valence-electron chi connectivity index (χ1n) is 8.93. The third-order valence-electron chi connectivity index (χ3n) is 4.43. The van der Waals surface area contributed by atoms with Crippen molar-refractivity contribution < 1.29 is 17.9 Å². The number of methoxy groups -OCH3 is 1. The Morgan fingerprint density at radius 1 is 1.21 bits per heavy atom. The number of benzene rings is 2. The number of halogens is 2. The fraction of sp³-hybridized carbons (Fsp3) is 0.350.